The summed E-state index contributed by atoms with van der Waals surface area (Å²) in [6.07, 6.45) is 0.296. The van der Waals surface area contributed by atoms with Gasteiger partial charge in [0, 0.05) is 19.0 Å². The van der Waals surface area contributed by atoms with Gasteiger partial charge in [-0.15, -0.1) is 0 Å². The maximum Gasteiger partial charge on any atom is 0.241 e. The Balaban J connectivity index is 2.10. The van der Waals surface area contributed by atoms with E-state index in [2.05, 4.69) is 9.97 Å². The summed E-state index contributed by atoms with van der Waals surface area (Å²) in [5, 5.41) is 0. The zero-order valence-electron chi connectivity index (χ0n) is 10.2. The van der Waals surface area contributed by atoms with E-state index in [1.54, 1.807) is 4.90 Å². The molecule has 1 aromatic rings. The molecule has 0 saturated carbocycles. The van der Waals surface area contributed by atoms with E-state index in [4.69, 9.17) is 0 Å². The smallest absolute Gasteiger partial charge is 0.241 e. The summed E-state index contributed by atoms with van der Waals surface area (Å²) in [6, 6.07) is 0. The number of aromatic nitrogens is 2. The van der Waals surface area contributed by atoms with E-state index < -0.39 is 18.2 Å². The van der Waals surface area contributed by atoms with Gasteiger partial charge in [0.25, 0.3) is 0 Å². The first-order valence-corrected chi connectivity index (χ1v) is 6.16. The Morgan fingerprint density at radius 1 is 1.33 bits per heavy atom. The summed E-state index contributed by atoms with van der Waals surface area (Å²) in [5.74, 6) is -0.748. The van der Waals surface area contributed by atoms with Crippen LogP contribution in [0, 0.1) is 11.7 Å². The van der Waals surface area contributed by atoms with Crippen LogP contribution in [0.15, 0.2) is 6.33 Å². The van der Waals surface area contributed by atoms with Crippen LogP contribution in [0.5, 0.6) is 0 Å². The molecule has 1 fully saturated rings. The van der Waals surface area contributed by atoms with Crippen molar-refractivity contribution in [2.75, 3.05) is 18.0 Å². The van der Waals surface area contributed by atoms with E-state index in [0.29, 0.717) is 38.0 Å². The van der Waals surface area contributed by atoms with E-state index in [-0.39, 0.29) is 5.82 Å². The van der Waals surface area contributed by atoms with Crippen LogP contribution in [0.3, 0.4) is 0 Å². The maximum absolute atomic E-state index is 14.0. The molecule has 0 N–H and O–H groups in total. The third-order valence-electron chi connectivity index (χ3n) is 3.37. The molecule has 1 saturated heterocycles. The van der Waals surface area contributed by atoms with Crippen molar-refractivity contribution < 1.29 is 13.2 Å². The number of rotatable bonds is 3. The van der Waals surface area contributed by atoms with Crippen molar-refractivity contribution in [1.29, 1.82) is 0 Å². The summed E-state index contributed by atoms with van der Waals surface area (Å²) in [4.78, 5) is 9.53. The second kappa shape index (κ2) is 5.54. The summed E-state index contributed by atoms with van der Waals surface area (Å²) >= 11 is 0. The molecule has 6 heteroatoms. The van der Waals surface area contributed by atoms with Gasteiger partial charge in [-0.1, -0.05) is 6.92 Å². The van der Waals surface area contributed by atoms with Gasteiger partial charge in [-0.3, -0.25) is 0 Å². The number of alkyl halides is 2. The van der Waals surface area contributed by atoms with Gasteiger partial charge < -0.3 is 4.90 Å². The number of anilines is 1. The molecule has 1 aliphatic heterocycles. The van der Waals surface area contributed by atoms with Crippen molar-refractivity contribution in [3.8, 4) is 0 Å². The topological polar surface area (TPSA) is 29.0 Å². The Bertz CT molecular complexity index is 404. The monoisotopic (exact) mass is 259 g/mol. The van der Waals surface area contributed by atoms with E-state index in [1.807, 2.05) is 6.92 Å². The van der Waals surface area contributed by atoms with Crippen LogP contribution in [0.4, 0.5) is 19.0 Å². The van der Waals surface area contributed by atoms with Gasteiger partial charge in [-0.05, 0) is 19.3 Å². The van der Waals surface area contributed by atoms with Crippen molar-refractivity contribution in [2.24, 2.45) is 5.92 Å². The van der Waals surface area contributed by atoms with E-state index >= 15 is 0 Å². The Kier molecular flexibility index (Phi) is 4.04. The predicted octanol–water partition coefficient (Wildman–Crippen LogP) is 2.66. The van der Waals surface area contributed by atoms with Gasteiger partial charge in [0.15, 0.2) is 11.6 Å². The molecule has 0 amide bonds. The largest absolute Gasteiger partial charge is 0.354 e. The second-order valence-electron chi connectivity index (χ2n) is 4.47. The standard InChI is InChI=1S/C12H16F3N3/c1-2-9-10(13)12(17-7-16-9)18-5-3-8(4-6-18)11(14)15/h7-8,11H,2-6H2,1H3. The number of piperidine rings is 1. The lowest BCUT2D eigenvalue weighted by Gasteiger charge is -2.32. The van der Waals surface area contributed by atoms with Crippen LogP contribution in [0.1, 0.15) is 25.5 Å². The van der Waals surface area contributed by atoms with Crippen LogP contribution in [0.2, 0.25) is 0 Å². The summed E-state index contributed by atoms with van der Waals surface area (Å²) in [5.41, 5.74) is 0.371. The molecule has 2 rings (SSSR count). The number of hydrogen-bond donors (Lipinski definition) is 0. The second-order valence-corrected chi connectivity index (χ2v) is 4.47. The molecular weight excluding hydrogens is 243 g/mol. The molecule has 0 radical (unpaired) electrons. The van der Waals surface area contributed by atoms with Crippen LogP contribution >= 0.6 is 0 Å². The Hall–Kier alpha value is -1.33. The Morgan fingerprint density at radius 2 is 2.00 bits per heavy atom. The predicted molar refractivity (Wildman–Crippen MR) is 62.3 cm³/mol. The Labute approximate surface area is 104 Å². The zero-order valence-corrected chi connectivity index (χ0v) is 10.2. The number of halogens is 3. The first kappa shape index (κ1) is 13.1. The van der Waals surface area contributed by atoms with Gasteiger partial charge in [0.1, 0.15) is 6.33 Å². The van der Waals surface area contributed by atoms with Crippen LogP contribution in [-0.2, 0) is 6.42 Å². The van der Waals surface area contributed by atoms with Gasteiger partial charge in [-0.2, -0.15) is 0 Å². The number of aryl methyl sites for hydroxylation is 1. The average molecular weight is 259 g/mol. The van der Waals surface area contributed by atoms with E-state index in [1.165, 1.54) is 6.33 Å². The molecule has 0 atom stereocenters. The lowest BCUT2D eigenvalue weighted by atomic mass is 9.97. The SMILES string of the molecule is CCc1ncnc(N2CCC(C(F)F)CC2)c1F. The maximum atomic E-state index is 14.0. The average Bonchev–Trinajstić information content (AvgIpc) is 2.39. The van der Waals surface area contributed by atoms with Crippen LogP contribution in [0.25, 0.3) is 0 Å². The fourth-order valence-electron chi connectivity index (χ4n) is 2.23. The van der Waals surface area contributed by atoms with Crippen LogP contribution in [-0.4, -0.2) is 29.5 Å². The van der Waals surface area contributed by atoms with Crippen molar-refractivity contribution in [3.05, 3.63) is 17.8 Å². The zero-order chi connectivity index (χ0) is 13.1. The van der Waals surface area contributed by atoms with Crippen molar-refractivity contribution in [2.45, 2.75) is 32.6 Å². The molecule has 2 heterocycles. The molecule has 0 bridgehead atoms. The lowest BCUT2D eigenvalue weighted by molar-refractivity contribution is 0.0634. The highest BCUT2D eigenvalue weighted by Gasteiger charge is 2.28. The van der Waals surface area contributed by atoms with Gasteiger partial charge >= 0.3 is 0 Å². The number of nitrogens with zero attached hydrogens (tertiary/aromatic N) is 3. The highest BCUT2D eigenvalue weighted by atomic mass is 19.3. The molecular formula is C12H16F3N3. The van der Waals surface area contributed by atoms with E-state index in [9.17, 15) is 13.2 Å². The molecule has 0 spiro atoms. The molecule has 100 valence electrons. The molecule has 0 unspecified atom stereocenters. The fraction of sp³-hybridized carbons (Fsp3) is 0.667. The quantitative estimate of drug-likeness (QED) is 0.835. The first-order valence-electron chi connectivity index (χ1n) is 6.16. The third kappa shape index (κ3) is 2.57. The summed E-state index contributed by atoms with van der Waals surface area (Å²) < 4.78 is 39.1. The molecule has 18 heavy (non-hydrogen) atoms. The third-order valence-corrected chi connectivity index (χ3v) is 3.37. The molecule has 0 aliphatic carbocycles. The van der Waals surface area contributed by atoms with Gasteiger partial charge in [0.05, 0.1) is 5.69 Å². The first-order chi connectivity index (χ1) is 8.63. The highest BCUT2D eigenvalue weighted by molar-refractivity contribution is 5.41. The van der Waals surface area contributed by atoms with E-state index in [0.717, 1.165) is 0 Å². The number of hydrogen-bond acceptors (Lipinski definition) is 3. The normalized spacial score (nSPS) is 17.5. The Morgan fingerprint density at radius 3 is 2.56 bits per heavy atom. The molecule has 0 aromatic carbocycles. The van der Waals surface area contributed by atoms with Crippen LogP contribution < -0.4 is 4.90 Å². The lowest BCUT2D eigenvalue weighted by Crippen LogP contribution is -2.37. The fourth-order valence-corrected chi connectivity index (χ4v) is 2.23. The minimum absolute atomic E-state index is 0.245. The molecule has 1 aromatic heterocycles. The molecule has 3 nitrogen and oxygen atoms in total. The molecule has 1 aliphatic rings. The highest BCUT2D eigenvalue weighted by Crippen LogP contribution is 2.27. The van der Waals surface area contributed by atoms with Gasteiger partial charge in [-0.25, -0.2) is 23.1 Å². The van der Waals surface area contributed by atoms with Crippen molar-refractivity contribution in [1.82, 2.24) is 9.97 Å². The minimum Gasteiger partial charge on any atom is -0.354 e. The summed E-state index contributed by atoms with van der Waals surface area (Å²) in [7, 11) is 0. The van der Waals surface area contributed by atoms with Crippen molar-refractivity contribution >= 4 is 5.82 Å². The summed E-state index contributed by atoms with van der Waals surface area (Å²) in [6.45, 7) is 2.66. The van der Waals surface area contributed by atoms with Gasteiger partial charge in [0.2, 0.25) is 6.43 Å². The van der Waals surface area contributed by atoms with Crippen molar-refractivity contribution in [3.63, 3.8) is 0 Å². The minimum atomic E-state index is -2.28.